The molecule has 2 saturated carbocycles. The van der Waals surface area contributed by atoms with E-state index in [-0.39, 0.29) is 7.43 Å². The first-order chi connectivity index (χ1) is 7.58. The molecule has 2 nitrogen and oxygen atoms in total. The number of halogens is 2. The maximum Gasteiger partial charge on any atom is 0.0337 e. The molecule has 0 aromatic heterocycles. The third-order valence-corrected chi connectivity index (χ3v) is 4.75. The van der Waals surface area contributed by atoms with E-state index >= 15 is 0 Å². The highest BCUT2D eigenvalue weighted by atomic mass is 79.9. The van der Waals surface area contributed by atoms with Crippen molar-refractivity contribution >= 4 is 27.5 Å². The van der Waals surface area contributed by atoms with Gasteiger partial charge in [0, 0.05) is 22.3 Å². The van der Waals surface area contributed by atoms with E-state index in [0.717, 1.165) is 30.5 Å². The lowest BCUT2D eigenvalue weighted by atomic mass is 9.96. The van der Waals surface area contributed by atoms with Crippen molar-refractivity contribution in [3.63, 3.8) is 0 Å². The molecule has 104 valence electrons. The van der Waals surface area contributed by atoms with Gasteiger partial charge in [-0.15, -0.1) is 11.6 Å². The lowest BCUT2D eigenvalue weighted by molar-refractivity contribution is 0.447. The van der Waals surface area contributed by atoms with Crippen LogP contribution in [0.25, 0.3) is 0 Å². The van der Waals surface area contributed by atoms with Crippen molar-refractivity contribution in [1.82, 2.24) is 0 Å². The second-order valence-electron chi connectivity index (χ2n) is 5.02. The highest BCUT2D eigenvalue weighted by molar-refractivity contribution is 9.09. The van der Waals surface area contributed by atoms with Gasteiger partial charge in [-0.25, -0.2) is 0 Å². The molecule has 2 rings (SSSR count). The number of hydrogen-bond acceptors (Lipinski definition) is 2. The molecule has 0 aromatic rings. The van der Waals surface area contributed by atoms with Crippen LogP contribution in [0.4, 0.5) is 0 Å². The Morgan fingerprint density at radius 3 is 1.41 bits per heavy atom. The molecular formula is C13H28BrClN2. The molecule has 0 bridgehead atoms. The third kappa shape index (κ3) is 8.41. The van der Waals surface area contributed by atoms with Crippen molar-refractivity contribution in [2.75, 3.05) is 0 Å². The smallest absolute Gasteiger partial charge is 0.0337 e. The molecule has 0 amide bonds. The monoisotopic (exact) mass is 326 g/mol. The van der Waals surface area contributed by atoms with E-state index in [2.05, 4.69) is 15.9 Å². The van der Waals surface area contributed by atoms with E-state index in [9.17, 15) is 0 Å². The Kier molecular flexibility index (Phi) is 9.99. The van der Waals surface area contributed by atoms with Gasteiger partial charge in [-0.3, -0.25) is 0 Å². The Morgan fingerprint density at radius 2 is 1.12 bits per heavy atom. The van der Waals surface area contributed by atoms with Crippen LogP contribution in [0.3, 0.4) is 0 Å². The number of alkyl halides is 2. The van der Waals surface area contributed by atoms with Crippen LogP contribution >= 0.6 is 27.5 Å². The van der Waals surface area contributed by atoms with E-state index in [0.29, 0.717) is 17.5 Å². The van der Waals surface area contributed by atoms with Crippen molar-refractivity contribution in [2.24, 2.45) is 11.5 Å². The van der Waals surface area contributed by atoms with Gasteiger partial charge in [0.25, 0.3) is 0 Å². The van der Waals surface area contributed by atoms with Gasteiger partial charge in [-0.05, 0) is 51.4 Å². The number of rotatable bonds is 0. The molecule has 0 aromatic carbocycles. The topological polar surface area (TPSA) is 52.0 Å². The van der Waals surface area contributed by atoms with Crippen molar-refractivity contribution in [2.45, 2.75) is 81.1 Å². The minimum atomic E-state index is 0. The fraction of sp³-hybridized carbons (Fsp3) is 1.00. The van der Waals surface area contributed by atoms with Crippen LogP contribution in [0.5, 0.6) is 0 Å². The highest BCUT2D eigenvalue weighted by Crippen LogP contribution is 2.22. The fourth-order valence-corrected chi connectivity index (χ4v) is 2.94. The SMILES string of the molecule is C.NC1CCC(Br)CC1.NC1CCC(Cl)CC1. The molecule has 0 saturated heterocycles. The van der Waals surface area contributed by atoms with Crippen LogP contribution in [0.2, 0.25) is 0 Å². The molecule has 0 heterocycles. The first-order valence-corrected chi connectivity index (χ1v) is 7.72. The summed E-state index contributed by atoms with van der Waals surface area (Å²) in [5.41, 5.74) is 11.3. The van der Waals surface area contributed by atoms with E-state index < -0.39 is 0 Å². The molecule has 4 heteroatoms. The summed E-state index contributed by atoms with van der Waals surface area (Å²) >= 11 is 9.39. The molecule has 2 fully saturated rings. The van der Waals surface area contributed by atoms with Crippen LogP contribution in [-0.4, -0.2) is 22.3 Å². The van der Waals surface area contributed by atoms with Crippen LogP contribution in [-0.2, 0) is 0 Å². The number of hydrogen-bond donors (Lipinski definition) is 2. The first kappa shape index (κ1) is 17.7. The lowest BCUT2D eigenvalue weighted by Gasteiger charge is -2.21. The molecule has 4 N–H and O–H groups in total. The summed E-state index contributed by atoms with van der Waals surface area (Å²) in [6.45, 7) is 0. The molecule has 2 aliphatic rings. The second-order valence-corrected chi connectivity index (χ2v) is 6.94. The Bertz CT molecular complexity index is 136. The molecule has 0 spiro atoms. The van der Waals surface area contributed by atoms with Gasteiger partial charge in [0.05, 0.1) is 0 Å². The molecule has 0 atom stereocenters. The van der Waals surface area contributed by atoms with Gasteiger partial charge < -0.3 is 11.5 Å². The lowest BCUT2D eigenvalue weighted by Crippen LogP contribution is -2.26. The largest absolute Gasteiger partial charge is 0.328 e. The maximum atomic E-state index is 5.83. The normalized spacial score (nSPS) is 37.4. The van der Waals surface area contributed by atoms with Crippen molar-refractivity contribution in [3.05, 3.63) is 0 Å². The van der Waals surface area contributed by atoms with Crippen LogP contribution < -0.4 is 11.5 Å². The fourth-order valence-electron chi connectivity index (χ4n) is 2.16. The van der Waals surface area contributed by atoms with Crippen LogP contribution in [0.1, 0.15) is 58.8 Å². The zero-order valence-corrected chi connectivity index (χ0v) is 12.2. The molecular weight excluding hydrogens is 300 g/mol. The second kappa shape index (κ2) is 9.60. The zero-order valence-electron chi connectivity index (χ0n) is 9.88. The summed E-state index contributed by atoms with van der Waals surface area (Å²) in [6.07, 6.45) is 9.40. The van der Waals surface area contributed by atoms with Crippen LogP contribution in [0.15, 0.2) is 0 Å². The van der Waals surface area contributed by atoms with Gasteiger partial charge in [-0.1, -0.05) is 23.4 Å². The quantitative estimate of drug-likeness (QED) is 0.665. The molecule has 0 aliphatic heterocycles. The predicted octanol–water partition coefficient (Wildman–Crippen LogP) is 3.78. The molecule has 17 heavy (non-hydrogen) atoms. The third-order valence-electron chi connectivity index (χ3n) is 3.40. The molecule has 0 radical (unpaired) electrons. The van der Waals surface area contributed by atoms with Crippen molar-refractivity contribution in [3.8, 4) is 0 Å². The Hall–Kier alpha value is 0.690. The van der Waals surface area contributed by atoms with Gasteiger partial charge in [-0.2, -0.15) is 0 Å². The Balaban J connectivity index is 0.000000284. The average molecular weight is 328 g/mol. The zero-order chi connectivity index (χ0) is 12.0. The molecule has 2 aliphatic carbocycles. The standard InChI is InChI=1S/C6H12BrN.C6H12ClN.CH4/c2*7-5-1-3-6(8)4-2-5;/h2*5-6H,1-4,8H2;1H4. The maximum absolute atomic E-state index is 5.83. The van der Waals surface area contributed by atoms with Gasteiger partial charge in [0.15, 0.2) is 0 Å². The van der Waals surface area contributed by atoms with E-state index in [1.807, 2.05) is 0 Å². The summed E-state index contributed by atoms with van der Waals surface area (Å²) < 4.78 is 0. The summed E-state index contributed by atoms with van der Waals surface area (Å²) in [4.78, 5) is 0.752. The van der Waals surface area contributed by atoms with Gasteiger partial charge in [0.1, 0.15) is 0 Å². The number of nitrogens with two attached hydrogens (primary N) is 2. The van der Waals surface area contributed by atoms with Crippen molar-refractivity contribution in [1.29, 1.82) is 0 Å². The summed E-state index contributed by atoms with van der Waals surface area (Å²) in [5, 5.41) is 0.412. The molecule has 0 unspecified atom stereocenters. The highest BCUT2D eigenvalue weighted by Gasteiger charge is 2.15. The first-order valence-electron chi connectivity index (χ1n) is 6.37. The van der Waals surface area contributed by atoms with E-state index in [1.54, 1.807) is 0 Å². The van der Waals surface area contributed by atoms with Gasteiger partial charge >= 0.3 is 0 Å². The predicted molar refractivity (Wildman–Crippen MR) is 82.0 cm³/mol. The minimum absolute atomic E-state index is 0. The Morgan fingerprint density at radius 1 is 0.765 bits per heavy atom. The summed E-state index contributed by atoms with van der Waals surface area (Å²) in [7, 11) is 0. The van der Waals surface area contributed by atoms with E-state index in [4.69, 9.17) is 23.1 Å². The summed E-state index contributed by atoms with van der Waals surface area (Å²) in [5.74, 6) is 0. The van der Waals surface area contributed by atoms with Crippen molar-refractivity contribution < 1.29 is 0 Å². The van der Waals surface area contributed by atoms with Gasteiger partial charge in [0.2, 0.25) is 0 Å². The average Bonchev–Trinajstić information content (AvgIpc) is 2.28. The Labute approximate surface area is 120 Å². The van der Waals surface area contributed by atoms with E-state index in [1.165, 1.54) is 25.7 Å². The minimum Gasteiger partial charge on any atom is -0.328 e. The summed E-state index contributed by atoms with van der Waals surface area (Å²) in [6, 6.07) is 0.925. The van der Waals surface area contributed by atoms with Crippen LogP contribution in [0, 0.1) is 0 Å².